The summed E-state index contributed by atoms with van der Waals surface area (Å²) in [5, 5.41) is 24.8. The number of hydrogen-bond acceptors (Lipinski definition) is 8. The number of rotatable bonds is 3. The maximum absolute atomic E-state index is 12.5. The second-order valence-corrected chi connectivity index (χ2v) is 8.37. The molecular weight excluding hydrogens is 402 g/mol. The van der Waals surface area contributed by atoms with Crippen LogP contribution in [0.25, 0.3) is 11.2 Å². The Bertz CT molecular complexity index is 1170. The van der Waals surface area contributed by atoms with Crippen molar-refractivity contribution in [1.82, 2.24) is 19.5 Å². The van der Waals surface area contributed by atoms with Crippen molar-refractivity contribution in [1.29, 1.82) is 0 Å². The quantitative estimate of drug-likeness (QED) is 0.569. The average molecular weight is 423 g/mol. The average Bonchev–Trinajstić information content (AvgIpc) is 3.35. The van der Waals surface area contributed by atoms with Crippen LogP contribution in [-0.2, 0) is 9.47 Å². The van der Waals surface area contributed by atoms with Gasteiger partial charge in [0, 0.05) is 24.8 Å². The van der Waals surface area contributed by atoms with Crippen molar-refractivity contribution < 1.29 is 24.5 Å². The fraction of sp³-hybridized carbons (Fsp3) is 0.429. The van der Waals surface area contributed by atoms with Gasteiger partial charge in [-0.3, -0.25) is 9.36 Å². The molecule has 1 saturated carbocycles. The van der Waals surface area contributed by atoms with E-state index in [9.17, 15) is 15.0 Å². The molecule has 3 N–H and O–H groups in total. The van der Waals surface area contributed by atoms with Crippen LogP contribution in [0.3, 0.4) is 0 Å². The molecule has 3 fully saturated rings. The van der Waals surface area contributed by atoms with E-state index in [-0.39, 0.29) is 12.3 Å². The zero-order valence-corrected chi connectivity index (χ0v) is 16.5. The third-order valence-corrected chi connectivity index (χ3v) is 6.76. The summed E-state index contributed by atoms with van der Waals surface area (Å²) >= 11 is 0. The first kappa shape index (κ1) is 18.8. The van der Waals surface area contributed by atoms with Gasteiger partial charge in [-0.15, -0.1) is 0 Å². The third-order valence-electron chi connectivity index (χ3n) is 6.76. The number of amides is 1. The van der Waals surface area contributed by atoms with Gasteiger partial charge in [-0.05, 0) is 12.1 Å². The van der Waals surface area contributed by atoms with Gasteiger partial charge in [-0.25, -0.2) is 15.0 Å². The summed E-state index contributed by atoms with van der Waals surface area (Å²) in [6, 6.07) is 8.83. The van der Waals surface area contributed by atoms with E-state index in [2.05, 4.69) is 20.3 Å². The van der Waals surface area contributed by atoms with Crippen LogP contribution in [0.4, 0.5) is 5.82 Å². The summed E-state index contributed by atoms with van der Waals surface area (Å²) in [4.78, 5) is 25.5. The van der Waals surface area contributed by atoms with Crippen LogP contribution >= 0.6 is 0 Å². The van der Waals surface area contributed by atoms with Crippen LogP contribution < -0.4 is 5.32 Å². The van der Waals surface area contributed by atoms with Crippen molar-refractivity contribution in [2.75, 3.05) is 11.9 Å². The molecule has 1 aromatic carbocycles. The van der Waals surface area contributed by atoms with Gasteiger partial charge in [0.2, 0.25) is 0 Å². The molecular formula is C21H21N5O5. The van der Waals surface area contributed by atoms with Crippen molar-refractivity contribution in [2.24, 2.45) is 0 Å². The molecule has 1 unspecified atom stereocenters. The molecule has 1 amide bonds. The molecule has 160 valence electrons. The highest BCUT2D eigenvalue weighted by atomic mass is 16.6. The summed E-state index contributed by atoms with van der Waals surface area (Å²) in [7, 11) is 0. The molecule has 1 spiro atoms. The first-order chi connectivity index (χ1) is 15.0. The second-order valence-electron chi connectivity index (χ2n) is 8.37. The molecule has 10 nitrogen and oxygen atoms in total. The van der Waals surface area contributed by atoms with E-state index < -0.39 is 29.6 Å². The Kier molecular flexibility index (Phi) is 3.97. The number of anilines is 1. The number of imidazole rings is 1. The van der Waals surface area contributed by atoms with E-state index in [0.29, 0.717) is 42.0 Å². The summed E-state index contributed by atoms with van der Waals surface area (Å²) in [5.74, 6) is -0.00907. The Morgan fingerprint density at radius 3 is 2.87 bits per heavy atom. The number of carbonyl (C=O) groups excluding carboxylic acids is 1. The normalized spacial score (nSPS) is 34.1. The molecule has 4 heterocycles. The molecule has 2 aliphatic heterocycles. The molecule has 3 aliphatic rings. The molecule has 6 rings (SSSR count). The molecule has 2 saturated heterocycles. The second kappa shape index (κ2) is 6.54. The van der Waals surface area contributed by atoms with Crippen molar-refractivity contribution in [2.45, 2.75) is 48.9 Å². The van der Waals surface area contributed by atoms with Gasteiger partial charge in [0.25, 0.3) is 5.91 Å². The number of aliphatic hydroxyl groups is 2. The smallest absolute Gasteiger partial charge is 0.256 e. The highest BCUT2D eigenvalue weighted by molar-refractivity contribution is 6.06. The Balaban J connectivity index is 1.32. The molecule has 3 aromatic rings. The number of ether oxygens (including phenoxy) is 2. The minimum Gasteiger partial charge on any atom is -0.387 e. The summed E-state index contributed by atoms with van der Waals surface area (Å²) in [5.41, 5.74) is -0.852. The zero-order valence-electron chi connectivity index (χ0n) is 16.5. The molecule has 2 bridgehead atoms. The number of fused-ring (bicyclic) bond motifs is 2. The van der Waals surface area contributed by atoms with E-state index in [1.165, 1.54) is 6.33 Å². The monoisotopic (exact) mass is 423 g/mol. The minimum atomic E-state index is -1.19. The third kappa shape index (κ3) is 2.59. The summed E-state index contributed by atoms with van der Waals surface area (Å²) in [6.07, 6.45) is 2.07. The largest absolute Gasteiger partial charge is 0.387 e. The molecule has 1 aliphatic carbocycles. The van der Waals surface area contributed by atoms with E-state index in [4.69, 9.17) is 9.47 Å². The fourth-order valence-electron chi connectivity index (χ4n) is 5.23. The van der Waals surface area contributed by atoms with E-state index in [1.807, 2.05) is 6.07 Å². The lowest BCUT2D eigenvalue weighted by atomic mass is 9.82. The van der Waals surface area contributed by atoms with E-state index in [1.54, 1.807) is 35.2 Å². The van der Waals surface area contributed by atoms with Crippen LogP contribution in [0, 0.1) is 0 Å². The Morgan fingerprint density at radius 2 is 2.03 bits per heavy atom. The van der Waals surface area contributed by atoms with Crippen molar-refractivity contribution in [3.05, 3.63) is 48.5 Å². The maximum atomic E-state index is 12.5. The van der Waals surface area contributed by atoms with Crippen molar-refractivity contribution in [3.63, 3.8) is 0 Å². The summed E-state index contributed by atoms with van der Waals surface area (Å²) < 4.78 is 13.6. The van der Waals surface area contributed by atoms with E-state index in [0.717, 1.165) is 0 Å². The van der Waals surface area contributed by atoms with Crippen LogP contribution in [0.1, 0.15) is 35.8 Å². The lowest BCUT2D eigenvalue weighted by molar-refractivity contribution is -0.210. The number of nitrogens with one attached hydrogen (secondary N) is 1. The molecule has 0 radical (unpaired) electrons. The van der Waals surface area contributed by atoms with Crippen LogP contribution in [0.15, 0.2) is 43.0 Å². The number of carbonyl (C=O) groups is 1. The van der Waals surface area contributed by atoms with Gasteiger partial charge in [-0.2, -0.15) is 0 Å². The molecule has 5 atom stereocenters. The first-order valence-electron chi connectivity index (χ1n) is 10.2. The zero-order chi connectivity index (χ0) is 21.2. The Hall–Kier alpha value is -2.92. The van der Waals surface area contributed by atoms with Crippen LogP contribution in [0.2, 0.25) is 0 Å². The number of hydrogen-bond donors (Lipinski definition) is 3. The van der Waals surface area contributed by atoms with Gasteiger partial charge in [0.1, 0.15) is 29.9 Å². The number of aromatic nitrogens is 4. The molecule has 10 heteroatoms. The number of aliphatic hydroxyl groups excluding tert-OH is 1. The predicted octanol–water partition coefficient (Wildman–Crippen LogP) is 1.02. The SMILES string of the molecule is O=C(Nc1ncnc2c1ncn2[C@@H]1C[C@@]2(O)C[C@@H]3OCC[C@@]2(O1)C3O)c1ccccc1. The lowest BCUT2D eigenvalue weighted by Crippen LogP contribution is -2.56. The topological polar surface area (TPSA) is 132 Å². The number of benzene rings is 1. The van der Waals surface area contributed by atoms with Crippen LogP contribution in [-0.4, -0.2) is 65.7 Å². The highest BCUT2D eigenvalue weighted by Gasteiger charge is 2.71. The highest BCUT2D eigenvalue weighted by Crippen LogP contribution is 2.58. The van der Waals surface area contributed by atoms with Gasteiger partial charge in [0.15, 0.2) is 17.0 Å². The maximum Gasteiger partial charge on any atom is 0.256 e. The van der Waals surface area contributed by atoms with Gasteiger partial charge < -0.3 is 25.0 Å². The number of nitrogens with zero attached hydrogens (tertiary/aromatic N) is 4. The minimum absolute atomic E-state index is 0.283. The predicted molar refractivity (Wildman–Crippen MR) is 107 cm³/mol. The summed E-state index contributed by atoms with van der Waals surface area (Å²) in [6.45, 7) is 0.430. The van der Waals surface area contributed by atoms with Gasteiger partial charge in [0.05, 0.1) is 19.0 Å². The molecule has 31 heavy (non-hydrogen) atoms. The standard InChI is InChI=1S/C21H21N5O5/c27-16-13-8-20(29)9-14(31-21(16,20)6-7-30-13)26-11-24-15-17(22-10-23-18(15)26)25-19(28)12-4-2-1-3-5-12/h1-5,10-11,13-14,16,27,29H,6-9H2,(H,22,23,25,28)/t13-,14-,16?,20-,21+/m0/s1. The van der Waals surface area contributed by atoms with Crippen LogP contribution in [0.5, 0.6) is 0 Å². The fourth-order valence-corrected chi connectivity index (χ4v) is 5.23. The van der Waals surface area contributed by atoms with Crippen molar-refractivity contribution >= 4 is 22.9 Å². The van der Waals surface area contributed by atoms with E-state index >= 15 is 0 Å². The van der Waals surface area contributed by atoms with Gasteiger partial charge >= 0.3 is 0 Å². The van der Waals surface area contributed by atoms with Crippen molar-refractivity contribution in [3.8, 4) is 0 Å². The Morgan fingerprint density at radius 1 is 1.19 bits per heavy atom. The Labute approximate surface area is 176 Å². The molecule has 2 aromatic heterocycles. The lowest BCUT2D eigenvalue weighted by Gasteiger charge is -2.39. The van der Waals surface area contributed by atoms with Gasteiger partial charge in [-0.1, -0.05) is 18.2 Å². The first-order valence-corrected chi connectivity index (χ1v) is 10.2.